The van der Waals surface area contributed by atoms with Crippen molar-refractivity contribution < 1.29 is 13.2 Å². The second kappa shape index (κ2) is 11.6. The van der Waals surface area contributed by atoms with Gasteiger partial charge in [0.05, 0.1) is 0 Å². The van der Waals surface area contributed by atoms with E-state index in [0.29, 0.717) is 6.54 Å². The maximum Gasteiger partial charge on any atom is 0.242 e. The Morgan fingerprint density at radius 1 is 1.44 bits per heavy atom. The number of hydrogen-bond donors (Lipinski definition) is 2. The molecule has 1 atom stereocenters. The minimum Gasteiger partial charge on any atom is -0.338 e. The quantitative estimate of drug-likeness (QED) is 0.668. The molecule has 0 spiro atoms. The molecule has 0 saturated carbocycles. The first-order valence-corrected chi connectivity index (χ1v) is 9.43. The van der Waals surface area contributed by atoms with E-state index in [0.717, 1.165) is 25.9 Å². The number of carbonyl (C=O) groups is 1. The highest BCUT2D eigenvalue weighted by molar-refractivity contribution is 7.89. The molecule has 0 bridgehead atoms. The molecule has 2 N–H and O–H groups in total. The fraction of sp³-hybridized carbons (Fsp3) is 0.600. The molecule has 10 heteroatoms. The number of nitrogens with one attached hydrogen (secondary N) is 2. The molecule has 1 unspecified atom stereocenters. The molecule has 1 aromatic heterocycles. The van der Waals surface area contributed by atoms with E-state index in [2.05, 4.69) is 15.0 Å². The van der Waals surface area contributed by atoms with Gasteiger partial charge in [-0.3, -0.25) is 9.78 Å². The van der Waals surface area contributed by atoms with Crippen molar-refractivity contribution in [2.45, 2.75) is 37.1 Å². The lowest BCUT2D eigenvalue weighted by Crippen LogP contribution is -2.43. The third-order valence-corrected chi connectivity index (χ3v) is 5.28. The zero-order valence-corrected chi connectivity index (χ0v) is 16.6. The summed E-state index contributed by atoms with van der Waals surface area (Å²) in [4.78, 5) is 18.2. The van der Waals surface area contributed by atoms with Crippen molar-refractivity contribution in [1.29, 1.82) is 0 Å². The lowest BCUT2D eigenvalue weighted by Gasteiger charge is -2.28. The molecule has 0 aliphatic carbocycles. The Bertz CT molecular complexity index is 610. The van der Waals surface area contributed by atoms with Crippen molar-refractivity contribution in [3.63, 3.8) is 0 Å². The number of pyridine rings is 1. The molecule has 2 rings (SSSR count). The van der Waals surface area contributed by atoms with Crippen LogP contribution in [0.25, 0.3) is 0 Å². The summed E-state index contributed by atoms with van der Waals surface area (Å²) in [5, 5.41) is 3.26. The zero-order chi connectivity index (χ0) is 16.7. The molecule has 7 nitrogen and oxygen atoms in total. The van der Waals surface area contributed by atoms with Gasteiger partial charge in [0.1, 0.15) is 4.90 Å². The normalized spacial score (nSPS) is 16.6. The topological polar surface area (TPSA) is 91.4 Å². The first-order chi connectivity index (χ1) is 11.0. The Morgan fingerprint density at radius 2 is 2.20 bits per heavy atom. The summed E-state index contributed by atoms with van der Waals surface area (Å²) >= 11 is 0. The van der Waals surface area contributed by atoms with Crippen LogP contribution in [0.15, 0.2) is 29.4 Å². The number of rotatable bonds is 8. The molecule has 1 fully saturated rings. The number of aromatic nitrogens is 1. The molecule has 0 aromatic carbocycles. The van der Waals surface area contributed by atoms with Crippen molar-refractivity contribution in [3.05, 3.63) is 24.5 Å². The summed E-state index contributed by atoms with van der Waals surface area (Å²) in [7, 11) is -3.61. The zero-order valence-electron chi connectivity index (χ0n) is 14.2. The summed E-state index contributed by atoms with van der Waals surface area (Å²) in [5.41, 5.74) is 0. The van der Waals surface area contributed by atoms with Crippen LogP contribution in [0.4, 0.5) is 0 Å². The number of halogens is 2. The van der Waals surface area contributed by atoms with Gasteiger partial charge in [0.2, 0.25) is 15.9 Å². The fourth-order valence-corrected chi connectivity index (χ4v) is 3.68. The van der Waals surface area contributed by atoms with E-state index in [-0.39, 0.29) is 54.6 Å². The second-order valence-electron chi connectivity index (χ2n) is 5.57. The van der Waals surface area contributed by atoms with Gasteiger partial charge in [0, 0.05) is 44.5 Å². The fourth-order valence-electron chi connectivity index (χ4n) is 2.68. The third-order valence-electron chi connectivity index (χ3n) is 3.84. The molecule has 1 amide bonds. The molecular formula is C15H26Cl2N4O3S. The van der Waals surface area contributed by atoms with Gasteiger partial charge in [0.25, 0.3) is 0 Å². The number of amides is 1. The molecule has 25 heavy (non-hydrogen) atoms. The summed E-state index contributed by atoms with van der Waals surface area (Å²) < 4.78 is 26.6. The van der Waals surface area contributed by atoms with E-state index >= 15 is 0 Å². The Kier molecular flexibility index (Phi) is 11.2. The summed E-state index contributed by atoms with van der Waals surface area (Å²) in [5.74, 6) is -0.00515. The van der Waals surface area contributed by atoms with Crippen LogP contribution in [0.2, 0.25) is 0 Å². The van der Waals surface area contributed by atoms with Crippen LogP contribution in [0, 0.1) is 0 Å². The van der Waals surface area contributed by atoms with Crippen molar-refractivity contribution in [3.8, 4) is 0 Å². The maximum absolute atomic E-state index is 12.4. The first-order valence-electron chi connectivity index (χ1n) is 7.94. The van der Waals surface area contributed by atoms with Crippen molar-refractivity contribution in [1.82, 2.24) is 19.9 Å². The average Bonchev–Trinajstić information content (AvgIpc) is 3.07. The molecule has 1 aliphatic heterocycles. The molecule has 1 aliphatic rings. The van der Waals surface area contributed by atoms with Crippen LogP contribution >= 0.6 is 24.8 Å². The molecule has 2 heterocycles. The number of nitrogens with zero attached hydrogens (tertiary/aromatic N) is 2. The summed E-state index contributed by atoms with van der Waals surface area (Å²) in [6.07, 6.45) is 4.81. The minimum absolute atomic E-state index is 0. The maximum atomic E-state index is 12.4. The van der Waals surface area contributed by atoms with Crippen molar-refractivity contribution in [2.75, 3.05) is 26.2 Å². The van der Waals surface area contributed by atoms with Gasteiger partial charge >= 0.3 is 0 Å². The van der Waals surface area contributed by atoms with E-state index in [1.165, 1.54) is 18.5 Å². The predicted octanol–water partition coefficient (Wildman–Crippen LogP) is 1.19. The highest BCUT2D eigenvalue weighted by Gasteiger charge is 2.25. The highest BCUT2D eigenvalue weighted by atomic mass is 35.5. The highest BCUT2D eigenvalue weighted by Crippen LogP contribution is 2.11. The summed E-state index contributed by atoms with van der Waals surface area (Å²) in [6, 6.07) is 3.26. The van der Waals surface area contributed by atoms with Crippen LogP contribution in [-0.2, 0) is 14.8 Å². The lowest BCUT2D eigenvalue weighted by atomic mass is 10.2. The Morgan fingerprint density at radius 3 is 2.76 bits per heavy atom. The molecule has 1 saturated heterocycles. The van der Waals surface area contributed by atoms with Gasteiger partial charge in [-0.05, 0) is 31.5 Å². The summed E-state index contributed by atoms with van der Waals surface area (Å²) in [6.45, 7) is 4.57. The van der Waals surface area contributed by atoms with Crippen LogP contribution in [0.1, 0.15) is 26.2 Å². The Balaban J connectivity index is 0.00000288. The SMILES string of the molecule is CCCN(C(=O)CCNS(=O)(=O)c1cccnc1)C1CCNC1.Cl.Cl. The van der Waals surface area contributed by atoms with Crippen LogP contribution in [0.5, 0.6) is 0 Å². The monoisotopic (exact) mass is 412 g/mol. The Labute approximate surface area is 161 Å². The van der Waals surface area contributed by atoms with Gasteiger partial charge in [0.15, 0.2) is 0 Å². The van der Waals surface area contributed by atoms with Gasteiger partial charge in [-0.2, -0.15) is 0 Å². The number of sulfonamides is 1. The van der Waals surface area contributed by atoms with E-state index in [1.807, 2.05) is 11.8 Å². The van der Waals surface area contributed by atoms with E-state index in [1.54, 1.807) is 6.07 Å². The standard InChI is InChI=1S/C15H24N4O3S.2ClH/c1-2-10-19(13-5-8-17-11-13)15(20)6-9-18-23(21,22)14-4-3-7-16-12-14;;/h3-4,7,12-13,17-18H,2,5-6,8-11H2,1H3;2*1H. The van der Waals surface area contributed by atoms with Crippen LogP contribution < -0.4 is 10.0 Å². The average molecular weight is 413 g/mol. The molecule has 0 radical (unpaired) electrons. The van der Waals surface area contributed by atoms with Crippen LogP contribution in [0.3, 0.4) is 0 Å². The lowest BCUT2D eigenvalue weighted by molar-refractivity contribution is -0.133. The molecule has 144 valence electrons. The smallest absolute Gasteiger partial charge is 0.242 e. The second-order valence-corrected chi connectivity index (χ2v) is 7.34. The van der Waals surface area contributed by atoms with Gasteiger partial charge in [-0.25, -0.2) is 13.1 Å². The van der Waals surface area contributed by atoms with Gasteiger partial charge < -0.3 is 10.2 Å². The number of hydrogen-bond acceptors (Lipinski definition) is 5. The first kappa shape index (κ1) is 24.1. The minimum atomic E-state index is -3.61. The van der Waals surface area contributed by atoms with Crippen molar-refractivity contribution >= 4 is 40.7 Å². The van der Waals surface area contributed by atoms with E-state index in [9.17, 15) is 13.2 Å². The number of carbonyl (C=O) groups excluding carboxylic acids is 1. The van der Waals surface area contributed by atoms with E-state index < -0.39 is 10.0 Å². The van der Waals surface area contributed by atoms with Crippen LogP contribution in [-0.4, -0.2) is 56.4 Å². The van der Waals surface area contributed by atoms with Gasteiger partial charge in [-0.1, -0.05) is 6.92 Å². The largest absolute Gasteiger partial charge is 0.338 e. The predicted molar refractivity (Wildman–Crippen MR) is 102 cm³/mol. The third kappa shape index (κ3) is 7.07. The molecule has 1 aromatic rings. The van der Waals surface area contributed by atoms with Gasteiger partial charge in [-0.15, -0.1) is 24.8 Å². The molecular weight excluding hydrogens is 387 g/mol. The Hall–Kier alpha value is -0.930. The van der Waals surface area contributed by atoms with Crippen molar-refractivity contribution in [2.24, 2.45) is 0 Å². The van der Waals surface area contributed by atoms with E-state index in [4.69, 9.17) is 0 Å².